The molecular weight excluding hydrogens is 564 g/mol. The summed E-state index contributed by atoms with van der Waals surface area (Å²) in [7, 11) is 0. The van der Waals surface area contributed by atoms with Crippen LogP contribution in [0.15, 0.2) is 30.3 Å². The fourth-order valence-corrected chi connectivity index (χ4v) is 5.17. The summed E-state index contributed by atoms with van der Waals surface area (Å²) < 4.78 is 22.2. The fourth-order valence-electron chi connectivity index (χ4n) is 5.17. The average Bonchev–Trinajstić information content (AvgIpc) is 2.99. The highest BCUT2D eigenvalue weighted by molar-refractivity contribution is 6.30. The lowest BCUT2D eigenvalue weighted by Gasteiger charge is -2.40. The SMILES string of the molecule is O=C1c2cc(CO)cc(O[C@@H]3O[C@@H](CO)[C@H](O)[C@H](O)[C@@H]3O)c2C(=O)c2c(O[C@@H]3O[C@H](CO)[C@@H](O)[C@@H](O)[C@H]3O)cccc21. The Bertz CT molecular complexity index is 1340. The molecular formula is C27H30O15. The van der Waals surface area contributed by atoms with Crippen LogP contribution in [0.5, 0.6) is 11.5 Å². The molecule has 42 heavy (non-hydrogen) atoms. The summed E-state index contributed by atoms with van der Waals surface area (Å²) in [5.74, 6) is -2.12. The number of carbonyl (C=O) groups excluding carboxylic acids is 2. The Kier molecular flexibility index (Phi) is 8.62. The van der Waals surface area contributed by atoms with Gasteiger partial charge in [0.05, 0.1) is 30.9 Å². The molecule has 0 amide bonds. The Labute approximate surface area is 237 Å². The third-order valence-electron chi connectivity index (χ3n) is 7.50. The molecule has 2 aliphatic heterocycles. The lowest BCUT2D eigenvalue weighted by Crippen LogP contribution is -2.60. The highest BCUT2D eigenvalue weighted by Crippen LogP contribution is 2.40. The zero-order valence-electron chi connectivity index (χ0n) is 21.8. The number of rotatable bonds is 7. The van der Waals surface area contributed by atoms with Gasteiger partial charge in [-0.25, -0.2) is 0 Å². The van der Waals surface area contributed by atoms with Gasteiger partial charge in [0, 0.05) is 11.1 Å². The lowest BCUT2D eigenvalue weighted by molar-refractivity contribution is -0.277. The van der Waals surface area contributed by atoms with E-state index in [0.29, 0.717) is 0 Å². The largest absolute Gasteiger partial charge is 0.461 e. The minimum Gasteiger partial charge on any atom is -0.461 e. The van der Waals surface area contributed by atoms with E-state index in [1.54, 1.807) is 0 Å². The zero-order valence-corrected chi connectivity index (χ0v) is 21.8. The molecule has 10 atom stereocenters. The number of carbonyl (C=O) groups is 2. The zero-order chi connectivity index (χ0) is 30.5. The number of aliphatic hydroxyl groups excluding tert-OH is 9. The summed E-state index contributed by atoms with van der Waals surface area (Å²) in [4.78, 5) is 27.6. The van der Waals surface area contributed by atoms with E-state index in [1.165, 1.54) is 30.3 Å². The third kappa shape index (κ3) is 5.08. The molecule has 2 saturated heterocycles. The number of benzene rings is 2. The van der Waals surface area contributed by atoms with Crippen LogP contribution in [0.1, 0.15) is 37.4 Å². The molecule has 0 aromatic heterocycles. The van der Waals surface area contributed by atoms with Crippen LogP contribution in [0.2, 0.25) is 0 Å². The first kappa shape index (κ1) is 30.4. The molecule has 15 heteroatoms. The number of fused-ring (bicyclic) bond motifs is 2. The predicted octanol–water partition coefficient (Wildman–Crippen LogP) is -3.69. The summed E-state index contributed by atoms with van der Waals surface area (Å²) in [5, 5.41) is 90.1. The van der Waals surface area contributed by atoms with Crippen LogP contribution in [0.3, 0.4) is 0 Å². The molecule has 2 aromatic rings. The quantitative estimate of drug-likeness (QED) is 0.128. The summed E-state index contributed by atoms with van der Waals surface area (Å²) >= 11 is 0. The van der Waals surface area contributed by atoms with Gasteiger partial charge in [0.1, 0.15) is 60.3 Å². The van der Waals surface area contributed by atoms with Crippen LogP contribution in [-0.4, -0.2) is 132 Å². The van der Waals surface area contributed by atoms with Gasteiger partial charge >= 0.3 is 0 Å². The van der Waals surface area contributed by atoms with Gasteiger partial charge in [-0.15, -0.1) is 0 Å². The van der Waals surface area contributed by atoms with Gasteiger partial charge < -0.3 is 64.9 Å². The first-order valence-electron chi connectivity index (χ1n) is 13.0. The van der Waals surface area contributed by atoms with Gasteiger partial charge in [0.25, 0.3) is 0 Å². The van der Waals surface area contributed by atoms with E-state index in [0.717, 1.165) is 0 Å². The van der Waals surface area contributed by atoms with Crippen molar-refractivity contribution in [1.82, 2.24) is 0 Å². The van der Waals surface area contributed by atoms with Gasteiger partial charge in [-0.05, 0) is 23.8 Å². The fraction of sp³-hybridized carbons (Fsp3) is 0.481. The first-order valence-corrected chi connectivity index (χ1v) is 13.0. The number of hydrogen-bond acceptors (Lipinski definition) is 15. The molecule has 9 N–H and O–H groups in total. The van der Waals surface area contributed by atoms with Crippen molar-refractivity contribution in [2.45, 2.75) is 68.0 Å². The number of hydrogen-bond donors (Lipinski definition) is 9. The molecule has 1 aliphatic carbocycles. The Morgan fingerprint density at radius 3 is 1.67 bits per heavy atom. The normalized spacial score (nSPS) is 34.5. The maximum atomic E-state index is 14.0. The van der Waals surface area contributed by atoms with E-state index in [2.05, 4.69) is 0 Å². The van der Waals surface area contributed by atoms with Crippen molar-refractivity contribution in [2.24, 2.45) is 0 Å². The minimum absolute atomic E-state index is 0.122. The number of aliphatic hydroxyl groups is 9. The van der Waals surface area contributed by atoms with Crippen molar-refractivity contribution in [3.8, 4) is 11.5 Å². The Balaban J connectivity index is 1.54. The van der Waals surface area contributed by atoms with Crippen molar-refractivity contribution in [3.63, 3.8) is 0 Å². The molecule has 0 saturated carbocycles. The van der Waals surface area contributed by atoms with E-state index in [4.69, 9.17) is 18.9 Å². The van der Waals surface area contributed by atoms with Gasteiger partial charge in [-0.3, -0.25) is 9.59 Å². The molecule has 0 unspecified atom stereocenters. The van der Waals surface area contributed by atoms with Gasteiger partial charge in [0.15, 0.2) is 5.78 Å². The smallest absolute Gasteiger partial charge is 0.229 e. The molecule has 0 radical (unpaired) electrons. The molecule has 15 nitrogen and oxygen atoms in total. The van der Waals surface area contributed by atoms with Gasteiger partial charge in [0.2, 0.25) is 18.4 Å². The maximum Gasteiger partial charge on any atom is 0.229 e. The minimum atomic E-state index is -1.84. The highest BCUT2D eigenvalue weighted by atomic mass is 16.7. The molecule has 2 aromatic carbocycles. The van der Waals surface area contributed by atoms with Crippen LogP contribution >= 0.6 is 0 Å². The third-order valence-corrected chi connectivity index (χ3v) is 7.50. The second-order valence-corrected chi connectivity index (χ2v) is 10.1. The van der Waals surface area contributed by atoms with Crippen molar-refractivity contribution in [1.29, 1.82) is 0 Å². The summed E-state index contributed by atoms with van der Waals surface area (Å²) in [6.07, 6.45) is -16.6. The molecule has 5 rings (SSSR count). The van der Waals surface area contributed by atoms with Crippen LogP contribution < -0.4 is 9.47 Å². The van der Waals surface area contributed by atoms with Gasteiger partial charge in [-0.1, -0.05) is 12.1 Å². The molecule has 228 valence electrons. The molecule has 0 spiro atoms. The van der Waals surface area contributed by atoms with Crippen LogP contribution in [0, 0.1) is 0 Å². The Morgan fingerprint density at radius 2 is 1.14 bits per heavy atom. The second kappa shape index (κ2) is 11.9. The Hall–Kier alpha value is -3.06. The van der Waals surface area contributed by atoms with E-state index in [-0.39, 0.29) is 39.3 Å². The number of ketones is 2. The van der Waals surface area contributed by atoms with Crippen LogP contribution in [0.25, 0.3) is 0 Å². The summed E-state index contributed by atoms with van der Waals surface area (Å²) in [5.41, 5.74) is -0.771. The standard InChI is InChI=1S/C27H30O15/c28-6-9-4-11-17(13(5-9)40-27-25(38)23(36)20(33)15(8-30)42-27)21(34)16-10(18(11)31)2-1-3-12(16)39-26-24(37)22(35)19(32)14(7-29)41-26/h1-5,14-15,19-20,22-30,32-33,35-38H,6-8H2/t14-,15+,19-,20+,22-,23+,24-,25+,26-,27-/m1/s1. The predicted molar refractivity (Wildman–Crippen MR) is 134 cm³/mol. The highest BCUT2D eigenvalue weighted by Gasteiger charge is 2.47. The topological polar surface area (TPSA) is 253 Å². The van der Waals surface area contributed by atoms with Crippen molar-refractivity contribution in [2.75, 3.05) is 13.2 Å². The lowest BCUT2D eigenvalue weighted by atomic mass is 9.82. The van der Waals surface area contributed by atoms with Crippen molar-refractivity contribution < 1.29 is 74.5 Å². The monoisotopic (exact) mass is 594 g/mol. The molecule has 3 aliphatic rings. The Morgan fingerprint density at radius 1 is 0.619 bits per heavy atom. The first-order chi connectivity index (χ1) is 20.0. The van der Waals surface area contributed by atoms with E-state index in [1.807, 2.05) is 0 Å². The van der Waals surface area contributed by atoms with Crippen molar-refractivity contribution in [3.05, 3.63) is 58.1 Å². The van der Waals surface area contributed by atoms with Crippen LogP contribution in [0.4, 0.5) is 0 Å². The van der Waals surface area contributed by atoms with Gasteiger partial charge in [-0.2, -0.15) is 0 Å². The molecule has 0 bridgehead atoms. The second-order valence-electron chi connectivity index (χ2n) is 10.1. The number of ether oxygens (including phenoxy) is 4. The van der Waals surface area contributed by atoms with E-state index in [9.17, 15) is 55.5 Å². The summed E-state index contributed by atoms with van der Waals surface area (Å²) in [6, 6.07) is 6.48. The maximum absolute atomic E-state index is 14.0. The van der Waals surface area contributed by atoms with Crippen LogP contribution in [-0.2, 0) is 16.1 Å². The van der Waals surface area contributed by atoms with E-state index < -0.39 is 92.8 Å². The molecule has 2 heterocycles. The molecule has 2 fully saturated rings. The van der Waals surface area contributed by atoms with E-state index >= 15 is 0 Å². The van der Waals surface area contributed by atoms with Crippen molar-refractivity contribution >= 4 is 11.6 Å². The average molecular weight is 595 g/mol. The summed E-state index contributed by atoms with van der Waals surface area (Å²) in [6.45, 7) is -2.05.